The van der Waals surface area contributed by atoms with Gasteiger partial charge in [0.2, 0.25) is 0 Å². The summed E-state index contributed by atoms with van der Waals surface area (Å²) in [6, 6.07) is 1.02. The lowest BCUT2D eigenvalue weighted by Gasteiger charge is -2.45. The molecule has 2 rings (SSSR count). The Bertz CT molecular complexity index is 158. The van der Waals surface area contributed by atoms with Crippen molar-refractivity contribution in [2.45, 2.75) is 57.4 Å². The van der Waals surface area contributed by atoms with E-state index in [-0.39, 0.29) is 24.0 Å². The Labute approximate surface area is 106 Å². The third-order valence-corrected chi connectivity index (χ3v) is 4.29. The van der Waals surface area contributed by atoms with Crippen LogP contribution in [0.4, 0.5) is 0 Å². The Morgan fingerprint density at radius 1 is 0.786 bits per heavy atom. The second kappa shape index (κ2) is 5.69. The summed E-state index contributed by atoms with van der Waals surface area (Å²) in [5.41, 5.74) is 0. The number of likely N-dealkylation sites (tertiary alicyclic amines) is 1. The summed E-state index contributed by atoms with van der Waals surface area (Å²) in [6.45, 7) is 2.93. The van der Waals surface area contributed by atoms with Crippen LogP contribution in [0.3, 0.4) is 0 Å². The van der Waals surface area contributed by atoms with Crippen LogP contribution in [0.5, 0.6) is 0 Å². The van der Waals surface area contributed by atoms with Gasteiger partial charge in [-0.2, -0.15) is 0 Å². The van der Waals surface area contributed by atoms with E-state index in [2.05, 4.69) is 7.05 Å². The summed E-state index contributed by atoms with van der Waals surface area (Å²) in [7, 11) is 2.51. The van der Waals surface area contributed by atoms with E-state index < -0.39 is 0 Å². The smallest absolute Gasteiger partial charge is 0.0888 e. The zero-order valence-corrected chi connectivity index (χ0v) is 11.6. The number of nitrogens with zero attached hydrogens (tertiary/aromatic N) is 1. The molecule has 1 heterocycles. The summed E-state index contributed by atoms with van der Waals surface area (Å²) in [6.07, 6.45) is 12.0. The highest BCUT2D eigenvalue weighted by Gasteiger charge is 2.34. The van der Waals surface area contributed by atoms with Crippen LogP contribution in [0.1, 0.15) is 51.4 Å². The third-order valence-electron chi connectivity index (χ3n) is 4.29. The quantitative estimate of drug-likeness (QED) is 0.471. The number of piperidine rings is 1. The van der Waals surface area contributed by atoms with E-state index in [0.717, 1.165) is 6.04 Å². The second-order valence-corrected chi connectivity index (χ2v) is 5.28. The molecule has 0 amide bonds. The van der Waals surface area contributed by atoms with Gasteiger partial charge in [0.1, 0.15) is 0 Å². The molecule has 0 aromatic carbocycles. The predicted molar refractivity (Wildman–Crippen MR) is 56.6 cm³/mol. The van der Waals surface area contributed by atoms with Gasteiger partial charge in [-0.15, -0.1) is 0 Å². The van der Waals surface area contributed by atoms with Crippen molar-refractivity contribution < 1.29 is 28.5 Å². The van der Waals surface area contributed by atoms with E-state index >= 15 is 0 Å². The van der Waals surface area contributed by atoms with Crippen molar-refractivity contribution in [2.75, 3.05) is 20.1 Å². The first kappa shape index (κ1) is 12.8. The van der Waals surface area contributed by atoms with E-state index in [4.69, 9.17) is 0 Å². The number of rotatable bonds is 1. The van der Waals surface area contributed by atoms with E-state index in [1.54, 1.807) is 0 Å². The molecule has 2 heteroatoms. The zero-order chi connectivity index (χ0) is 9.15. The maximum Gasteiger partial charge on any atom is 0.0888 e. The van der Waals surface area contributed by atoms with Gasteiger partial charge >= 0.3 is 0 Å². The van der Waals surface area contributed by atoms with Gasteiger partial charge in [0.05, 0.1) is 26.2 Å². The normalized spacial score (nSPS) is 28.1. The molecule has 1 saturated heterocycles. The number of halogens is 1. The van der Waals surface area contributed by atoms with Crippen LogP contribution in [0.15, 0.2) is 0 Å². The summed E-state index contributed by atoms with van der Waals surface area (Å²) in [5.74, 6) is 0. The van der Waals surface area contributed by atoms with Gasteiger partial charge in [-0.1, -0.05) is 6.42 Å². The Morgan fingerprint density at radius 3 is 1.86 bits per heavy atom. The van der Waals surface area contributed by atoms with Crippen molar-refractivity contribution in [1.82, 2.24) is 0 Å². The molecule has 1 saturated carbocycles. The monoisotopic (exact) mass is 309 g/mol. The first-order chi connectivity index (χ1) is 6.31. The van der Waals surface area contributed by atoms with Crippen molar-refractivity contribution in [1.29, 1.82) is 0 Å². The maximum atomic E-state index is 2.51. The number of hydrogen-bond donors (Lipinski definition) is 0. The van der Waals surface area contributed by atoms with Gasteiger partial charge in [0, 0.05) is 0 Å². The SMILES string of the molecule is C[N+]1(C2CCCCC2)CCCCC1.[I-]. The van der Waals surface area contributed by atoms with Crippen molar-refractivity contribution in [3.05, 3.63) is 0 Å². The summed E-state index contributed by atoms with van der Waals surface area (Å²) >= 11 is 0. The lowest BCUT2D eigenvalue weighted by molar-refractivity contribution is -0.938. The molecular weight excluding hydrogens is 285 g/mol. The molecule has 2 fully saturated rings. The lowest BCUT2D eigenvalue weighted by atomic mass is 9.91. The molecule has 1 aliphatic carbocycles. The van der Waals surface area contributed by atoms with E-state index in [9.17, 15) is 0 Å². The van der Waals surface area contributed by atoms with Crippen LogP contribution in [-0.4, -0.2) is 30.7 Å². The molecule has 84 valence electrons. The summed E-state index contributed by atoms with van der Waals surface area (Å²) < 4.78 is 1.42. The molecular formula is C12H24IN. The van der Waals surface area contributed by atoms with Crippen LogP contribution >= 0.6 is 0 Å². The molecule has 0 spiro atoms. The van der Waals surface area contributed by atoms with Crippen LogP contribution in [0, 0.1) is 0 Å². The molecule has 0 atom stereocenters. The highest BCUT2D eigenvalue weighted by atomic mass is 127. The average molecular weight is 309 g/mol. The van der Waals surface area contributed by atoms with E-state index in [0.29, 0.717) is 0 Å². The minimum absolute atomic E-state index is 0. The number of quaternary nitrogens is 1. The van der Waals surface area contributed by atoms with Crippen LogP contribution in [0.25, 0.3) is 0 Å². The molecule has 0 radical (unpaired) electrons. The Hall–Kier alpha value is 0.690. The van der Waals surface area contributed by atoms with E-state index in [1.165, 1.54) is 68.9 Å². The molecule has 0 N–H and O–H groups in total. The molecule has 0 bridgehead atoms. The minimum atomic E-state index is 0. The van der Waals surface area contributed by atoms with Gasteiger partial charge in [-0.05, 0) is 44.9 Å². The third kappa shape index (κ3) is 2.84. The fourth-order valence-electron chi connectivity index (χ4n) is 3.30. The van der Waals surface area contributed by atoms with Crippen molar-refractivity contribution in [3.8, 4) is 0 Å². The van der Waals surface area contributed by atoms with Gasteiger partial charge < -0.3 is 28.5 Å². The first-order valence-corrected chi connectivity index (χ1v) is 6.15. The maximum absolute atomic E-state index is 2.51. The highest BCUT2D eigenvalue weighted by Crippen LogP contribution is 2.30. The van der Waals surface area contributed by atoms with Gasteiger partial charge in [0.25, 0.3) is 0 Å². The molecule has 0 aromatic heterocycles. The van der Waals surface area contributed by atoms with Crippen LogP contribution in [0.2, 0.25) is 0 Å². The molecule has 0 aromatic rings. The topological polar surface area (TPSA) is 0 Å². The lowest BCUT2D eigenvalue weighted by Crippen LogP contribution is -3.00. The van der Waals surface area contributed by atoms with Gasteiger partial charge in [0.15, 0.2) is 0 Å². The van der Waals surface area contributed by atoms with E-state index in [1.807, 2.05) is 0 Å². The van der Waals surface area contributed by atoms with Crippen LogP contribution in [-0.2, 0) is 0 Å². The largest absolute Gasteiger partial charge is 1.00 e. The van der Waals surface area contributed by atoms with Crippen LogP contribution < -0.4 is 24.0 Å². The average Bonchev–Trinajstić information content (AvgIpc) is 2.20. The van der Waals surface area contributed by atoms with Gasteiger partial charge in [-0.3, -0.25) is 0 Å². The highest BCUT2D eigenvalue weighted by molar-refractivity contribution is 4.68. The Morgan fingerprint density at radius 2 is 1.29 bits per heavy atom. The predicted octanol–water partition coefficient (Wildman–Crippen LogP) is -0.0464. The fraction of sp³-hybridized carbons (Fsp3) is 1.00. The summed E-state index contributed by atoms with van der Waals surface area (Å²) in [4.78, 5) is 0. The fourth-order valence-corrected chi connectivity index (χ4v) is 3.30. The zero-order valence-electron chi connectivity index (χ0n) is 9.47. The molecule has 0 unspecified atom stereocenters. The van der Waals surface area contributed by atoms with Crippen molar-refractivity contribution in [3.63, 3.8) is 0 Å². The molecule has 1 aliphatic heterocycles. The second-order valence-electron chi connectivity index (χ2n) is 5.28. The van der Waals surface area contributed by atoms with Gasteiger partial charge in [-0.25, -0.2) is 0 Å². The molecule has 2 aliphatic rings. The summed E-state index contributed by atoms with van der Waals surface area (Å²) in [5, 5.41) is 0. The Kier molecular flexibility index (Phi) is 5.18. The minimum Gasteiger partial charge on any atom is -1.00 e. The first-order valence-electron chi connectivity index (χ1n) is 6.15. The molecule has 1 nitrogen and oxygen atoms in total. The standard InChI is InChI=1S/C12H24N.HI/c1-13(10-6-3-7-11-13)12-8-4-2-5-9-12;/h12H,2-11H2,1H3;1H/q+1;/p-1. The molecule has 14 heavy (non-hydrogen) atoms. The van der Waals surface area contributed by atoms with Crippen molar-refractivity contribution >= 4 is 0 Å². The van der Waals surface area contributed by atoms with Crippen molar-refractivity contribution in [2.24, 2.45) is 0 Å². The Balaban J connectivity index is 0.000000980. The number of hydrogen-bond acceptors (Lipinski definition) is 0.